The zero-order valence-corrected chi connectivity index (χ0v) is 19.7. The second kappa shape index (κ2) is 11.4. The summed E-state index contributed by atoms with van der Waals surface area (Å²) in [5.74, 6) is -1.67. The lowest BCUT2D eigenvalue weighted by molar-refractivity contribution is -0.117. The maximum Gasteiger partial charge on any atom is 0.337 e. The summed E-state index contributed by atoms with van der Waals surface area (Å²) in [5.41, 5.74) is 17.8. The number of nitrogens with two attached hydrogens (primary N) is 3. The molecule has 14 heteroatoms. The molecule has 0 aliphatic carbocycles. The van der Waals surface area contributed by atoms with Gasteiger partial charge in [0.25, 0.3) is 5.91 Å². The Labute approximate surface area is 206 Å². The number of likely N-dealkylation sites (tertiary alicyclic amines) is 1. The van der Waals surface area contributed by atoms with Gasteiger partial charge in [-0.1, -0.05) is 11.6 Å². The summed E-state index contributed by atoms with van der Waals surface area (Å²) in [6.07, 6.45) is 1.29. The fourth-order valence-electron chi connectivity index (χ4n) is 3.43. The number of anilines is 3. The van der Waals surface area contributed by atoms with Gasteiger partial charge in [0.1, 0.15) is 0 Å². The van der Waals surface area contributed by atoms with Crippen molar-refractivity contribution in [3.63, 3.8) is 0 Å². The monoisotopic (exact) mass is 503 g/mol. The molecule has 0 saturated carbocycles. The number of benzene rings is 1. The van der Waals surface area contributed by atoms with Crippen molar-refractivity contribution >= 4 is 52.7 Å². The molecule has 2 amide bonds. The number of carbonyl (C=O) groups excluding carboxylic acids is 3. The summed E-state index contributed by atoms with van der Waals surface area (Å²) >= 11 is 5.79. The summed E-state index contributed by atoms with van der Waals surface area (Å²) in [6.45, 7) is 1.45. The summed E-state index contributed by atoms with van der Waals surface area (Å²) in [6, 6.07) is 6.31. The van der Waals surface area contributed by atoms with Gasteiger partial charge < -0.3 is 27.3 Å². The summed E-state index contributed by atoms with van der Waals surface area (Å²) < 4.78 is 4.65. The van der Waals surface area contributed by atoms with Crippen molar-refractivity contribution in [3.8, 4) is 0 Å². The molecule has 1 aliphatic heterocycles. The standard InChI is InChI=1S/C21H26ClN9O4/c1-35-20(34)11-2-4-12(5-3-11)26-14(32)10-31-8-6-13(7-9-31)27-21(25)30-19(33)15-17(23)29-18(24)16(22)28-15/h2-5,13H,6-10H2,1H3,(H,26,32)(H4,23,24,29)(H3,25,27,30,33). The second-order valence-electron chi connectivity index (χ2n) is 7.73. The quantitative estimate of drug-likeness (QED) is 0.206. The molecule has 2 heterocycles. The third kappa shape index (κ3) is 7.01. The molecule has 0 radical (unpaired) electrons. The third-order valence-corrected chi connectivity index (χ3v) is 5.48. The molecule has 186 valence electrons. The summed E-state index contributed by atoms with van der Waals surface area (Å²) in [7, 11) is 1.31. The van der Waals surface area contributed by atoms with Crippen LogP contribution in [-0.4, -0.2) is 71.4 Å². The highest BCUT2D eigenvalue weighted by Crippen LogP contribution is 2.18. The lowest BCUT2D eigenvalue weighted by Gasteiger charge is -2.29. The van der Waals surface area contributed by atoms with Gasteiger partial charge in [0.05, 0.1) is 25.3 Å². The molecule has 0 unspecified atom stereocenters. The molecule has 1 aliphatic rings. The van der Waals surface area contributed by atoms with Crippen molar-refractivity contribution in [2.24, 2.45) is 10.7 Å². The average Bonchev–Trinajstić information content (AvgIpc) is 2.82. The molecular weight excluding hydrogens is 478 g/mol. The van der Waals surface area contributed by atoms with Crippen LogP contribution in [0.1, 0.15) is 33.7 Å². The molecular formula is C21H26ClN9O4. The number of piperidine rings is 1. The molecule has 35 heavy (non-hydrogen) atoms. The maximum absolute atomic E-state index is 12.4. The number of amides is 2. The van der Waals surface area contributed by atoms with Crippen LogP contribution < -0.4 is 27.8 Å². The van der Waals surface area contributed by atoms with E-state index in [1.54, 1.807) is 24.3 Å². The molecule has 8 N–H and O–H groups in total. The van der Waals surface area contributed by atoms with E-state index in [2.05, 4.69) is 30.3 Å². The number of methoxy groups -OCH3 is 1. The normalized spacial score (nSPS) is 14.9. The van der Waals surface area contributed by atoms with E-state index in [0.717, 1.165) is 0 Å². The Morgan fingerprint density at radius 1 is 1.14 bits per heavy atom. The van der Waals surface area contributed by atoms with Gasteiger partial charge in [-0.2, -0.15) is 0 Å². The number of nitrogen functional groups attached to an aromatic ring is 2. The largest absolute Gasteiger partial charge is 0.465 e. The Kier molecular flexibility index (Phi) is 8.39. The van der Waals surface area contributed by atoms with Crippen molar-refractivity contribution in [2.75, 3.05) is 43.5 Å². The molecule has 13 nitrogen and oxygen atoms in total. The number of aliphatic imine (C=N–C) groups is 1. The number of halogens is 1. The molecule has 1 aromatic carbocycles. The number of hydrogen-bond donors (Lipinski definition) is 5. The van der Waals surface area contributed by atoms with Gasteiger partial charge in [0.2, 0.25) is 5.91 Å². The predicted octanol–water partition coefficient (Wildman–Crippen LogP) is 0.229. The van der Waals surface area contributed by atoms with Gasteiger partial charge in [0, 0.05) is 18.8 Å². The average molecular weight is 504 g/mol. The lowest BCUT2D eigenvalue weighted by Crippen LogP contribution is -2.42. The van der Waals surface area contributed by atoms with Gasteiger partial charge in [-0.15, -0.1) is 0 Å². The molecule has 1 saturated heterocycles. The van der Waals surface area contributed by atoms with Gasteiger partial charge in [-0.05, 0) is 37.1 Å². The van der Waals surface area contributed by atoms with Crippen LogP contribution in [0.15, 0.2) is 29.3 Å². The number of aromatic nitrogens is 2. The van der Waals surface area contributed by atoms with Gasteiger partial charge in [0.15, 0.2) is 28.4 Å². The van der Waals surface area contributed by atoms with Crippen LogP contribution >= 0.6 is 11.6 Å². The highest BCUT2D eigenvalue weighted by molar-refractivity contribution is 6.31. The Hall–Kier alpha value is -3.97. The minimum Gasteiger partial charge on any atom is -0.465 e. The first kappa shape index (κ1) is 25.6. The number of esters is 1. The van der Waals surface area contributed by atoms with Crippen molar-refractivity contribution in [2.45, 2.75) is 18.9 Å². The lowest BCUT2D eigenvalue weighted by atomic mass is 10.1. The Morgan fingerprint density at radius 3 is 2.43 bits per heavy atom. The van der Waals surface area contributed by atoms with Crippen LogP contribution in [0.3, 0.4) is 0 Å². The maximum atomic E-state index is 12.4. The molecule has 1 fully saturated rings. The van der Waals surface area contributed by atoms with Gasteiger partial charge in [-0.3, -0.25) is 19.8 Å². The zero-order chi connectivity index (χ0) is 25.5. The second-order valence-corrected chi connectivity index (χ2v) is 8.08. The summed E-state index contributed by atoms with van der Waals surface area (Å²) in [4.78, 5) is 50.1. The highest BCUT2D eigenvalue weighted by Gasteiger charge is 2.22. The third-order valence-electron chi connectivity index (χ3n) is 5.20. The van der Waals surface area contributed by atoms with Gasteiger partial charge >= 0.3 is 5.97 Å². The van der Waals surface area contributed by atoms with Crippen LogP contribution in [0.5, 0.6) is 0 Å². The smallest absolute Gasteiger partial charge is 0.337 e. The molecule has 0 spiro atoms. The molecule has 0 atom stereocenters. The number of nitrogens with zero attached hydrogens (tertiary/aromatic N) is 4. The van der Waals surface area contributed by atoms with E-state index in [1.807, 2.05) is 4.90 Å². The zero-order valence-electron chi connectivity index (χ0n) is 19.0. The van der Waals surface area contributed by atoms with Crippen LogP contribution in [-0.2, 0) is 9.53 Å². The number of carbonyl (C=O) groups is 3. The molecule has 2 aromatic rings. The number of rotatable bonds is 6. The van der Waals surface area contributed by atoms with E-state index in [0.29, 0.717) is 37.2 Å². The highest BCUT2D eigenvalue weighted by atomic mass is 35.5. The first-order valence-electron chi connectivity index (χ1n) is 10.6. The minimum absolute atomic E-state index is 0.0840. The number of hydrogen-bond acceptors (Lipinski definition) is 10. The first-order valence-corrected chi connectivity index (χ1v) is 11.0. The van der Waals surface area contributed by atoms with Crippen LogP contribution in [0.2, 0.25) is 5.15 Å². The fourth-order valence-corrected chi connectivity index (χ4v) is 3.56. The number of guanidine groups is 1. The van der Waals surface area contributed by atoms with Gasteiger partial charge in [-0.25, -0.2) is 19.8 Å². The topological polar surface area (TPSA) is 204 Å². The van der Waals surface area contributed by atoms with E-state index in [4.69, 9.17) is 28.8 Å². The minimum atomic E-state index is -0.702. The molecule has 3 rings (SSSR count). The van der Waals surface area contributed by atoms with Crippen LogP contribution in [0.25, 0.3) is 0 Å². The van der Waals surface area contributed by atoms with Crippen LogP contribution in [0.4, 0.5) is 17.3 Å². The van der Waals surface area contributed by atoms with Crippen molar-refractivity contribution in [1.29, 1.82) is 0 Å². The first-order chi connectivity index (χ1) is 16.7. The Balaban J connectivity index is 1.46. The molecule has 1 aromatic heterocycles. The summed E-state index contributed by atoms with van der Waals surface area (Å²) in [5, 5.41) is 5.07. The SMILES string of the molecule is COC(=O)c1ccc(NC(=O)CN2CCC(N=C(N)NC(=O)c3nc(Cl)c(N)nc3N)CC2)cc1. The fraction of sp³-hybridized carbons (Fsp3) is 0.333. The number of nitrogens with one attached hydrogen (secondary N) is 2. The van der Waals surface area contributed by atoms with E-state index in [1.165, 1.54) is 7.11 Å². The van der Waals surface area contributed by atoms with Crippen molar-refractivity contribution < 1.29 is 19.1 Å². The Morgan fingerprint density at radius 2 is 1.80 bits per heavy atom. The van der Waals surface area contributed by atoms with Crippen molar-refractivity contribution in [3.05, 3.63) is 40.7 Å². The number of ether oxygens (including phenoxy) is 1. The van der Waals surface area contributed by atoms with E-state index in [-0.39, 0.29) is 46.9 Å². The van der Waals surface area contributed by atoms with E-state index in [9.17, 15) is 14.4 Å². The predicted molar refractivity (Wildman–Crippen MR) is 131 cm³/mol. The molecule has 0 bridgehead atoms. The van der Waals surface area contributed by atoms with E-state index < -0.39 is 11.9 Å². The van der Waals surface area contributed by atoms with Crippen LogP contribution in [0, 0.1) is 0 Å². The Bertz CT molecular complexity index is 1130. The van der Waals surface area contributed by atoms with E-state index >= 15 is 0 Å². The van der Waals surface area contributed by atoms with Crippen molar-refractivity contribution in [1.82, 2.24) is 20.2 Å².